The van der Waals surface area contributed by atoms with Crippen LogP contribution in [-0.2, 0) is 4.79 Å². The molecule has 0 aromatic heterocycles. The van der Waals surface area contributed by atoms with Gasteiger partial charge in [-0.2, -0.15) is 0 Å². The highest BCUT2D eigenvalue weighted by atomic mass is 16.2. The lowest BCUT2D eigenvalue weighted by atomic mass is 9.96. The number of hydrogen-bond donors (Lipinski definition) is 0. The molecule has 0 aliphatic carbocycles. The Labute approximate surface area is 117 Å². The predicted molar refractivity (Wildman–Crippen MR) is 78.1 cm³/mol. The van der Waals surface area contributed by atoms with Crippen LogP contribution in [-0.4, -0.2) is 72.5 Å². The number of nitrogens with zero attached hydrogens (tertiary/aromatic N) is 3. The predicted octanol–water partition coefficient (Wildman–Crippen LogP) is 1.13. The molecule has 0 aromatic rings. The molecule has 0 unspecified atom stereocenters. The maximum Gasteiger partial charge on any atom is 0.228 e. The molecule has 4 heteroatoms. The molecule has 0 radical (unpaired) electrons. The average Bonchev–Trinajstić information content (AvgIpc) is 2.26. The SMILES string of the molecule is CC(C)CN1CCN(C(=O)C2CN(C(C)C)C2)CC1. The zero-order chi connectivity index (χ0) is 14.0. The molecule has 2 heterocycles. The van der Waals surface area contributed by atoms with Gasteiger partial charge >= 0.3 is 0 Å². The van der Waals surface area contributed by atoms with Crippen molar-refractivity contribution in [2.75, 3.05) is 45.8 Å². The molecule has 0 N–H and O–H groups in total. The second-order valence-corrected chi connectivity index (χ2v) is 6.76. The second kappa shape index (κ2) is 6.23. The van der Waals surface area contributed by atoms with Gasteiger partial charge in [0.1, 0.15) is 0 Å². The highest BCUT2D eigenvalue weighted by Crippen LogP contribution is 2.21. The summed E-state index contributed by atoms with van der Waals surface area (Å²) in [5.41, 5.74) is 0. The molecule has 0 aromatic carbocycles. The maximum absolute atomic E-state index is 12.4. The van der Waals surface area contributed by atoms with Gasteiger partial charge in [0.15, 0.2) is 0 Å². The topological polar surface area (TPSA) is 26.8 Å². The summed E-state index contributed by atoms with van der Waals surface area (Å²) in [7, 11) is 0. The highest BCUT2D eigenvalue weighted by Gasteiger charge is 2.37. The Hall–Kier alpha value is -0.610. The van der Waals surface area contributed by atoms with Crippen molar-refractivity contribution in [3.05, 3.63) is 0 Å². The van der Waals surface area contributed by atoms with Crippen LogP contribution in [0, 0.1) is 11.8 Å². The smallest absolute Gasteiger partial charge is 0.228 e. The Morgan fingerprint density at radius 3 is 2.11 bits per heavy atom. The first-order valence-corrected chi connectivity index (χ1v) is 7.72. The molecule has 0 spiro atoms. The fourth-order valence-corrected chi connectivity index (χ4v) is 3.02. The summed E-state index contributed by atoms with van der Waals surface area (Å²) in [5, 5.41) is 0. The molecule has 0 bridgehead atoms. The van der Waals surface area contributed by atoms with E-state index in [0.29, 0.717) is 17.9 Å². The van der Waals surface area contributed by atoms with Crippen molar-refractivity contribution in [3.8, 4) is 0 Å². The van der Waals surface area contributed by atoms with Crippen molar-refractivity contribution in [1.82, 2.24) is 14.7 Å². The Balaban J connectivity index is 1.72. The van der Waals surface area contributed by atoms with Crippen LogP contribution in [0.4, 0.5) is 0 Å². The van der Waals surface area contributed by atoms with Crippen LogP contribution in [0.15, 0.2) is 0 Å². The van der Waals surface area contributed by atoms with Crippen LogP contribution in [0.25, 0.3) is 0 Å². The first kappa shape index (κ1) is 14.8. The van der Waals surface area contributed by atoms with Gasteiger partial charge in [-0.1, -0.05) is 13.8 Å². The molecule has 2 rings (SSSR count). The number of rotatable bonds is 4. The fraction of sp³-hybridized carbons (Fsp3) is 0.933. The lowest BCUT2D eigenvalue weighted by molar-refractivity contribution is -0.143. The third-order valence-corrected chi connectivity index (χ3v) is 4.30. The van der Waals surface area contributed by atoms with E-state index in [-0.39, 0.29) is 5.92 Å². The number of piperazine rings is 1. The van der Waals surface area contributed by atoms with Gasteiger partial charge in [-0.05, 0) is 19.8 Å². The van der Waals surface area contributed by atoms with Crippen molar-refractivity contribution in [1.29, 1.82) is 0 Å². The van der Waals surface area contributed by atoms with Crippen LogP contribution in [0.3, 0.4) is 0 Å². The quantitative estimate of drug-likeness (QED) is 0.764. The minimum absolute atomic E-state index is 0.263. The minimum Gasteiger partial charge on any atom is -0.340 e. The van der Waals surface area contributed by atoms with Crippen molar-refractivity contribution < 1.29 is 4.79 Å². The van der Waals surface area contributed by atoms with Gasteiger partial charge in [0.2, 0.25) is 5.91 Å². The summed E-state index contributed by atoms with van der Waals surface area (Å²) in [6, 6.07) is 0.576. The van der Waals surface area contributed by atoms with Gasteiger partial charge in [0, 0.05) is 51.9 Å². The summed E-state index contributed by atoms with van der Waals surface area (Å²) < 4.78 is 0. The molecule has 2 aliphatic rings. The molecule has 19 heavy (non-hydrogen) atoms. The molecule has 2 saturated heterocycles. The van der Waals surface area contributed by atoms with E-state index in [4.69, 9.17) is 0 Å². The minimum atomic E-state index is 0.263. The molecule has 0 atom stereocenters. The standard InChI is InChI=1S/C15H29N3O/c1-12(2)9-16-5-7-17(8-6-16)15(19)14-10-18(11-14)13(3)4/h12-14H,5-11H2,1-4H3. The molecular formula is C15H29N3O. The first-order valence-electron chi connectivity index (χ1n) is 7.72. The molecule has 4 nitrogen and oxygen atoms in total. The van der Waals surface area contributed by atoms with E-state index in [1.807, 2.05) is 0 Å². The summed E-state index contributed by atoms with van der Waals surface area (Å²) in [6.45, 7) is 15.9. The van der Waals surface area contributed by atoms with Gasteiger partial charge in [-0.3, -0.25) is 14.6 Å². The molecular weight excluding hydrogens is 238 g/mol. The number of carbonyl (C=O) groups excluding carboxylic acids is 1. The largest absolute Gasteiger partial charge is 0.340 e. The van der Waals surface area contributed by atoms with Gasteiger partial charge < -0.3 is 4.90 Å². The Bertz CT molecular complexity index is 303. The van der Waals surface area contributed by atoms with E-state index in [1.165, 1.54) is 0 Å². The molecule has 110 valence electrons. The summed E-state index contributed by atoms with van der Waals surface area (Å²) in [6.07, 6.45) is 0. The second-order valence-electron chi connectivity index (χ2n) is 6.76. The summed E-state index contributed by atoms with van der Waals surface area (Å²) in [5.74, 6) is 1.37. The van der Waals surface area contributed by atoms with E-state index < -0.39 is 0 Å². The Morgan fingerprint density at radius 2 is 1.63 bits per heavy atom. The molecule has 2 fully saturated rings. The van der Waals surface area contributed by atoms with Crippen LogP contribution < -0.4 is 0 Å². The van der Waals surface area contributed by atoms with Crippen LogP contribution in [0.1, 0.15) is 27.7 Å². The van der Waals surface area contributed by atoms with Crippen LogP contribution >= 0.6 is 0 Å². The van der Waals surface area contributed by atoms with E-state index in [1.54, 1.807) is 0 Å². The van der Waals surface area contributed by atoms with Gasteiger partial charge in [0.25, 0.3) is 0 Å². The van der Waals surface area contributed by atoms with E-state index >= 15 is 0 Å². The van der Waals surface area contributed by atoms with Crippen LogP contribution in [0.2, 0.25) is 0 Å². The van der Waals surface area contributed by atoms with Crippen molar-refractivity contribution in [2.45, 2.75) is 33.7 Å². The fourth-order valence-electron chi connectivity index (χ4n) is 3.02. The number of amides is 1. The number of hydrogen-bond acceptors (Lipinski definition) is 3. The van der Waals surface area contributed by atoms with Crippen molar-refractivity contribution in [2.24, 2.45) is 11.8 Å². The van der Waals surface area contributed by atoms with Gasteiger partial charge in [-0.25, -0.2) is 0 Å². The first-order chi connectivity index (χ1) is 8.97. The lowest BCUT2D eigenvalue weighted by Crippen LogP contribution is -2.59. The third kappa shape index (κ3) is 3.69. The van der Waals surface area contributed by atoms with Crippen molar-refractivity contribution >= 4 is 5.91 Å². The van der Waals surface area contributed by atoms with Crippen LogP contribution in [0.5, 0.6) is 0 Å². The average molecular weight is 267 g/mol. The number of likely N-dealkylation sites (tertiary alicyclic amines) is 1. The zero-order valence-corrected chi connectivity index (χ0v) is 12.9. The molecule has 0 saturated carbocycles. The highest BCUT2D eigenvalue weighted by molar-refractivity contribution is 5.80. The summed E-state index contributed by atoms with van der Waals surface area (Å²) >= 11 is 0. The zero-order valence-electron chi connectivity index (χ0n) is 12.9. The number of carbonyl (C=O) groups is 1. The summed E-state index contributed by atoms with van der Waals surface area (Å²) in [4.78, 5) is 19.3. The molecule has 1 amide bonds. The van der Waals surface area contributed by atoms with E-state index in [9.17, 15) is 4.79 Å². The third-order valence-electron chi connectivity index (χ3n) is 4.30. The maximum atomic E-state index is 12.4. The van der Waals surface area contributed by atoms with Crippen molar-refractivity contribution in [3.63, 3.8) is 0 Å². The molecule has 2 aliphatic heterocycles. The Morgan fingerprint density at radius 1 is 1.05 bits per heavy atom. The Kier molecular flexibility index (Phi) is 4.85. The van der Waals surface area contributed by atoms with E-state index in [0.717, 1.165) is 45.8 Å². The normalized spacial score (nSPS) is 23.2. The van der Waals surface area contributed by atoms with E-state index in [2.05, 4.69) is 42.4 Å². The van der Waals surface area contributed by atoms with Gasteiger partial charge in [-0.15, -0.1) is 0 Å². The lowest BCUT2D eigenvalue weighted by Gasteiger charge is -2.44. The van der Waals surface area contributed by atoms with Gasteiger partial charge in [0.05, 0.1) is 5.92 Å². The monoisotopic (exact) mass is 267 g/mol.